The van der Waals surface area contributed by atoms with Crippen molar-refractivity contribution in [1.29, 1.82) is 0 Å². The fraction of sp³-hybridized carbons (Fsp3) is 0.667. The molecule has 0 radical (unpaired) electrons. The molecule has 0 saturated carbocycles. The molecular weight excluding hydrogens is 284 g/mol. The second kappa shape index (κ2) is 5.62. The summed E-state index contributed by atoms with van der Waals surface area (Å²) < 4.78 is 26.4. The molecule has 0 aliphatic carbocycles. The molecule has 1 aromatic rings. The minimum absolute atomic E-state index is 0.0103. The first kappa shape index (κ1) is 14.8. The van der Waals surface area contributed by atoms with Crippen LogP contribution in [0.5, 0.6) is 0 Å². The number of nitrogens with zero attached hydrogens (tertiary/aromatic N) is 1. The minimum Gasteiger partial charge on any atom is -0.391 e. The molecule has 1 heterocycles. The van der Waals surface area contributed by atoms with Crippen LogP contribution in [-0.2, 0) is 10.0 Å². The smallest absolute Gasteiger partial charge is 0.252 e. The van der Waals surface area contributed by atoms with Gasteiger partial charge in [-0.2, -0.15) is 0 Å². The number of aliphatic hydroxyl groups is 1. The van der Waals surface area contributed by atoms with Crippen molar-refractivity contribution in [3.05, 3.63) is 10.2 Å². The highest BCUT2D eigenvalue weighted by atomic mass is 35.5. The summed E-state index contributed by atoms with van der Waals surface area (Å²) in [6.45, 7) is 5.19. The number of thiazole rings is 1. The third-order valence-electron chi connectivity index (χ3n) is 2.22. The number of rotatable bonds is 5. The van der Waals surface area contributed by atoms with Gasteiger partial charge >= 0.3 is 0 Å². The van der Waals surface area contributed by atoms with Gasteiger partial charge in [0.25, 0.3) is 10.0 Å². The molecule has 0 aliphatic heterocycles. The fourth-order valence-corrected chi connectivity index (χ4v) is 3.93. The Kier molecular flexibility index (Phi) is 4.91. The maximum Gasteiger partial charge on any atom is 0.252 e. The number of hydrogen-bond acceptors (Lipinski definition) is 5. The normalized spacial score (nSPS) is 14.2. The van der Waals surface area contributed by atoms with Gasteiger partial charge in [0.05, 0.1) is 11.8 Å². The van der Waals surface area contributed by atoms with Crippen LogP contribution in [0, 0.1) is 12.8 Å². The molecule has 1 aromatic heterocycles. The first-order valence-electron chi connectivity index (χ1n) is 5.04. The number of nitrogens with one attached hydrogen (secondary N) is 1. The van der Waals surface area contributed by atoms with Crippen molar-refractivity contribution in [1.82, 2.24) is 9.71 Å². The molecule has 0 aliphatic rings. The van der Waals surface area contributed by atoms with Crippen LogP contribution >= 0.6 is 22.9 Å². The highest BCUT2D eigenvalue weighted by molar-refractivity contribution is 7.91. The first-order valence-corrected chi connectivity index (χ1v) is 7.72. The summed E-state index contributed by atoms with van der Waals surface area (Å²) in [6.07, 6.45) is -0.714. The summed E-state index contributed by atoms with van der Waals surface area (Å²) in [7, 11) is -3.64. The molecular formula is C9H15ClN2O3S2. The lowest BCUT2D eigenvalue weighted by Gasteiger charge is -2.14. The predicted molar refractivity (Wildman–Crippen MR) is 67.9 cm³/mol. The van der Waals surface area contributed by atoms with E-state index in [1.54, 1.807) is 6.92 Å². The zero-order valence-corrected chi connectivity index (χ0v) is 12.2. The summed E-state index contributed by atoms with van der Waals surface area (Å²) in [6, 6.07) is 0. The fourth-order valence-electron chi connectivity index (χ4n) is 1.10. The number of hydrogen-bond donors (Lipinski definition) is 2. The van der Waals surface area contributed by atoms with Crippen molar-refractivity contribution in [2.75, 3.05) is 6.54 Å². The summed E-state index contributed by atoms with van der Waals surface area (Å²) >= 11 is 6.55. The molecule has 0 bridgehead atoms. The Balaban J connectivity index is 2.80. The number of halogens is 1. The highest BCUT2D eigenvalue weighted by Gasteiger charge is 2.22. The molecule has 5 nitrogen and oxygen atoms in total. The minimum atomic E-state index is -3.64. The SMILES string of the molecule is Cc1nc(Cl)sc1S(=O)(=O)NCC(O)C(C)C. The zero-order chi connectivity index (χ0) is 13.2. The lowest BCUT2D eigenvalue weighted by atomic mass is 10.1. The van der Waals surface area contributed by atoms with Gasteiger partial charge in [0.2, 0.25) is 0 Å². The lowest BCUT2D eigenvalue weighted by Crippen LogP contribution is -2.34. The van der Waals surface area contributed by atoms with E-state index in [4.69, 9.17) is 11.6 Å². The van der Waals surface area contributed by atoms with Gasteiger partial charge in [-0.25, -0.2) is 18.1 Å². The summed E-state index contributed by atoms with van der Waals surface area (Å²) in [5.41, 5.74) is 0.367. The standard InChI is InChI=1S/C9H15ClN2O3S2/c1-5(2)7(13)4-11-17(14,15)8-6(3)12-9(10)16-8/h5,7,11,13H,4H2,1-3H3. The van der Waals surface area contributed by atoms with Crippen molar-refractivity contribution in [3.63, 3.8) is 0 Å². The van der Waals surface area contributed by atoms with Crippen LogP contribution in [0.3, 0.4) is 0 Å². The second-order valence-corrected chi connectivity index (χ2v) is 7.55. The molecule has 8 heteroatoms. The highest BCUT2D eigenvalue weighted by Crippen LogP contribution is 2.26. The molecule has 0 aromatic carbocycles. The lowest BCUT2D eigenvalue weighted by molar-refractivity contribution is 0.129. The monoisotopic (exact) mass is 298 g/mol. The topological polar surface area (TPSA) is 79.3 Å². The molecule has 0 saturated heterocycles. The maximum absolute atomic E-state index is 11.9. The summed E-state index contributed by atoms with van der Waals surface area (Å²) in [5.74, 6) is -0.0103. The van der Waals surface area contributed by atoms with E-state index in [2.05, 4.69) is 9.71 Å². The number of aliphatic hydroxyl groups excluding tert-OH is 1. The van der Waals surface area contributed by atoms with Crippen molar-refractivity contribution < 1.29 is 13.5 Å². The van der Waals surface area contributed by atoms with Gasteiger partial charge in [0.15, 0.2) is 8.68 Å². The molecule has 1 unspecified atom stereocenters. The van der Waals surface area contributed by atoms with E-state index in [-0.39, 0.29) is 21.1 Å². The van der Waals surface area contributed by atoms with Crippen molar-refractivity contribution in [2.24, 2.45) is 5.92 Å². The van der Waals surface area contributed by atoms with E-state index in [0.717, 1.165) is 11.3 Å². The average Bonchev–Trinajstić information content (AvgIpc) is 2.55. The molecule has 1 atom stereocenters. The van der Waals surface area contributed by atoms with Crippen molar-refractivity contribution in [2.45, 2.75) is 31.1 Å². The molecule has 1 rings (SSSR count). The van der Waals surface area contributed by atoms with Crippen LogP contribution in [0.25, 0.3) is 0 Å². The summed E-state index contributed by atoms with van der Waals surface area (Å²) in [4.78, 5) is 3.84. The van der Waals surface area contributed by atoms with Crippen LogP contribution in [0.1, 0.15) is 19.5 Å². The Morgan fingerprint density at radius 3 is 2.53 bits per heavy atom. The van der Waals surface area contributed by atoms with Crippen LogP contribution in [0.4, 0.5) is 0 Å². The van der Waals surface area contributed by atoms with Gasteiger partial charge in [-0.05, 0) is 12.8 Å². The Morgan fingerprint density at radius 2 is 2.12 bits per heavy atom. The second-order valence-electron chi connectivity index (χ2n) is 4.00. The number of aryl methyl sites for hydroxylation is 1. The van der Waals surface area contributed by atoms with Gasteiger partial charge in [0.1, 0.15) is 0 Å². The van der Waals surface area contributed by atoms with Crippen LogP contribution in [0.2, 0.25) is 4.47 Å². The van der Waals surface area contributed by atoms with E-state index in [9.17, 15) is 13.5 Å². The third kappa shape index (κ3) is 3.89. The Bertz CT molecular complexity index is 484. The van der Waals surface area contributed by atoms with Crippen molar-refractivity contribution >= 4 is 33.0 Å². The van der Waals surface area contributed by atoms with Gasteiger partial charge in [-0.3, -0.25) is 0 Å². The third-order valence-corrected chi connectivity index (χ3v) is 5.52. The quantitative estimate of drug-likeness (QED) is 0.861. The number of sulfonamides is 1. The van der Waals surface area contributed by atoms with E-state index in [0.29, 0.717) is 5.69 Å². The van der Waals surface area contributed by atoms with Gasteiger partial charge in [-0.1, -0.05) is 36.8 Å². The average molecular weight is 299 g/mol. The van der Waals surface area contributed by atoms with Crippen LogP contribution in [-0.4, -0.2) is 31.2 Å². The number of aromatic nitrogens is 1. The molecule has 2 N–H and O–H groups in total. The van der Waals surface area contributed by atoms with Gasteiger partial charge in [-0.15, -0.1) is 0 Å². The summed E-state index contributed by atoms with van der Waals surface area (Å²) in [5, 5.41) is 9.55. The van der Waals surface area contributed by atoms with Crippen LogP contribution in [0.15, 0.2) is 4.21 Å². The Morgan fingerprint density at radius 1 is 1.53 bits per heavy atom. The molecule has 98 valence electrons. The van der Waals surface area contributed by atoms with Crippen molar-refractivity contribution in [3.8, 4) is 0 Å². The zero-order valence-electron chi connectivity index (χ0n) is 9.77. The largest absolute Gasteiger partial charge is 0.391 e. The molecule has 17 heavy (non-hydrogen) atoms. The van der Waals surface area contributed by atoms with Crippen LogP contribution < -0.4 is 4.72 Å². The molecule has 0 fully saturated rings. The van der Waals surface area contributed by atoms with Gasteiger partial charge < -0.3 is 5.11 Å². The Hall–Kier alpha value is -0.210. The molecule has 0 amide bonds. The predicted octanol–water partition coefficient (Wildman–Crippen LogP) is 1.40. The first-order chi connectivity index (χ1) is 7.74. The van der Waals surface area contributed by atoms with Gasteiger partial charge in [0, 0.05) is 6.54 Å². The van der Waals surface area contributed by atoms with E-state index >= 15 is 0 Å². The van der Waals surface area contributed by atoms with E-state index in [1.165, 1.54) is 0 Å². The van der Waals surface area contributed by atoms with E-state index < -0.39 is 16.1 Å². The Labute approximate surface area is 110 Å². The maximum atomic E-state index is 11.9. The van der Waals surface area contributed by atoms with E-state index in [1.807, 2.05) is 13.8 Å². The molecule has 0 spiro atoms.